The molecule has 1 aromatic carbocycles. The van der Waals surface area contributed by atoms with Crippen LogP contribution in [0.3, 0.4) is 0 Å². The van der Waals surface area contributed by atoms with Crippen molar-refractivity contribution in [3.63, 3.8) is 0 Å². The van der Waals surface area contributed by atoms with E-state index in [4.69, 9.17) is 0 Å². The number of carbonyl (C=O) groups is 2. The van der Waals surface area contributed by atoms with Gasteiger partial charge in [-0.1, -0.05) is 35.9 Å². The summed E-state index contributed by atoms with van der Waals surface area (Å²) >= 11 is 0. The second kappa shape index (κ2) is 5.83. The minimum absolute atomic E-state index is 0.213. The van der Waals surface area contributed by atoms with Gasteiger partial charge >= 0.3 is 6.03 Å². The minimum Gasteiger partial charge on any atom is -0.319 e. The van der Waals surface area contributed by atoms with E-state index < -0.39 is 5.54 Å². The number of carbonyl (C=O) groups excluding carboxylic acids is 2. The summed E-state index contributed by atoms with van der Waals surface area (Å²) in [7, 11) is 0. The lowest BCUT2D eigenvalue weighted by molar-refractivity contribution is -0.131. The highest BCUT2D eigenvalue weighted by molar-refractivity contribution is 6.07. The number of aryl methyl sites for hydroxylation is 1. The van der Waals surface area contributed by atoms with Crippen molar-refractivity contribution in [2.24, 2.45) is 0 Å². The van der Waals surface area contributed by atoms with E-state index in [1.807, 2.05) is 43.3 Å². The molecule has 0 saturated carbocycles. The zero-order valence-electron chi connectivity index (χ0n) is 13.2. The van der Waals surface area contributed by atoms with Gasteiger partial charge in [-0.3, -0.25) is 14.7 Å². The van der Waals surface area contributed by atoms with Gasteiger partial charge in [0.1, 0.15) is 5.54 Å². The molecule has 5 nitrogen and oxygen atoms in total. The highest BCUT2D eigenvalue weighted by atomic mass is 16.2. The molecule has 1 saturated heterocycles. The molecule has 3 amide bonds. The second-order valence-corrected chi connectivity index (χ2v) is 5.99. The number of rotatable bonds is 4. The van der Waals surface area contributed by atoms with E-state index in [-0.39, 0.29) is 11.9 Å². The SMILES string of the molecule is Cc1ccc(C2(C)NC(=O)N(CCc3cccnc3)C2=O)cc1. The Morgan fingerprint density at radius 2 is 1.91 bits per heavy atom. The van der Waals surface area contributed by atoms with Crippen molar-refractivity contribution in [1.29, 1.82) is 0 Å². The molecule has 2 heterocycles. The zero-order valence-corrected chi connectivity index (χ0v) is 13.2. The van der Waals surface area contributed by atoms with Crippen LogP contribution in [0.1, 0.15) is 23.6 Å². The largest absolute Gasteiger partial charge is 0.325 e. The Morgan fingerprint density at radius 1 is 1.17 bits per heavy atom. The van der Waals surface area contributed by atoms with E-state index in [1.165, 1.54) is 4.90 Å². The Labute approximate surface area is 135 Å². The second-order valence-electron chi connectivity index (χ2n) is 5.99. The lowest BCUT2D eigenvalue weighted by atomic mass is 9.91. The van der Waals surface area contributed by atoms with Crippen molar-refractivity contribution < 1.29 is 9.59 Å². The molecule has 2 aromatic rings. The van der Waals surface area contributed by atoms with Crippen LogP contribution in [-0.4, -0.2) is 28.4 Å². The molecular weight excluding hydrogens is 290 g/mol. The van der Waals surface area contributed by atoms with Crippen molar-refractivity contribution in [2.75, 3.05) is 6.54 Å². The van der Waals surface area contributed by atoms with Crippen LogP contribution in [0.5, 0.6) is 0 Å². The Hall–Kier alpha value is -2.69. The quantitative estimate of drug-likeness (QED) is 0.882. The molecule has 23 heavy (non-hydrogen) atoms. The molecule has 0 bridgehead atoms. The summed E-state index contributed by atoms with van der Waals surface area (Å²) < 4.78 is 0. The van der Waals surface area contributed by atoms with Crippen LogP contribution in [0, 0.1) is 6.92 Å². The highest BCUT2D eigenvalue weighted by Gasteiger charge is 2.48. The summed E-state index contributed by atoms with van der Waals surface area (Å²) in [6.45, 7) is 4.08. The lowest BCUT2D eigenvalue weighted by Crippen LogP contribution is -2.41. The Morgan fingerprint density at radius 3 is 2.57 bits per heavy atom. The average molecular weight is 309 g/mol. The minimum atomic E-state index is -1.00. The van der Waals surface area contributed by atoms with Crippen LogP contribution >= 0.6 is 0 Å². The summed E-state index contributed by atoms with van der Waals surface area (Å²) in [5.41, 5.74) is 1.91. The van der Waals surface area contributed by atoms with Crippen molar-refractivity contribution >= 4 is 11.9 Å². The maximum atomic E-state index is 12.8. The predicted octanol–water partition coefficient (Wildman–Crippen LogP) is 2.40. The number of benzene rings is 1. The van der Waals surface area contributed by atoms with Gasteiger partial charge in [-0.2, -0.15) is 0 Å². The van der Waals surface area contributed by atoms with E-state index in [1.54, 1.807) is 19.3 Å². The summed E-state index contributed by atoms with van der Waals surface area (Å²) in [6, 6.07) is 11.1. The molecule has 0 aliphatic carbocycles. The van der Waals surface area contributed by atoms with E-state index >= 15 is 0 Å². The number of hydrogen-bond donors (Lipinski definition) is 1. The molecule has 0 spiro atoms. The zero-order chi connectivity index (χ0) is 16.4. The fourth-order valence-corrected chi connectivity index (χ4v) is 2.77. The Balaban J connectivity index is 1.78. The summed E-state index contributed by atoms with van der Waals surface area (Å²) in [5.74, 6) is -0.213. The normalized spacial score (nSPS) is 20.7. The van der Waals surface area contributed by atoms with Gasteiger partial charge in [-0.15, -0.1) is 0 Å². The number of urea groups is 1. The van der Waals surface area contributed by atoms with Gasteiger partial charge in [0.15, 0.2) is 0 Å². The van der Waals surface area contributed by atoms with Crippen LogP contribution < -0.4 is 5.32 Å². The molecule has 1 aromatic heterocycles. The summed E-state index contributed by atoms with van der Waals surface area (Å²) in [6.07, 6.45) is 4.04. The van der Waals surface area contributed by atoms with Gasteiger partial charge in [-0.25, -0.2) is 4.79 Å². The number of imide groups is 1. The topological polar surface area (TPSA) is 62.3 Å². The van der Waals surface area contributed by atoms with E-state index in [2.05, 4.69) is 10.3 Å². The number of nitrogens with one attached hydrogen (secondary N) is 1. The molecule has 1 atom stereocenters. The molecule has 0 radical (unpaired) electrons. The van der Waals surface area contributed by atoms with Gasteiger partial charge < -0.3 is 5.32 Å². The highest BCUT2D eigenvalue weighted by Crippen LogP contribution is 2.29. The van der Waals surface area contributed by atoms with Gasteiger partial charge in [-0.05, 0) is 37.5 Å². The maximum Gasteiger partial charge on any atom is 0.325 e. The van der Waals surface area contributed by atoms with Crippen LogP contribution in [0.4, 0.5) is 4.79 Å². The van der Waals surface area contributed by atoms with Crippen molar-refractivity contribution in [3.8, 4) is 0 Å². The van der Waals surface area contributed by atoms with Crippen molar-refractivity contribution in [1.82, 2.24) is 15.2 Å². The third kappa shape index (κ3) is 2.82. The van der Waals surface area contributed by atoms with Gasteiger partial charge in [0.05, 0.1) is 0 Å². The van der Waals surface area contributed by atoms with E-state index in [9.17, 15) is 9.59 Å². The molecule has 1 N–H and O–H groups in total. The predicted molar refractivity (Wildman–Crippen MR) is 86.7 cm³/mol. The fraction of sp³-hybridized carbons (Fsp3) is 0.278. The number of aromatic nitrogens is 1. The number of amides is 3. The first-order valence-electron chi connectivity index (χ1n) is 7.61. The molecule has 118 valence electrons. The first-order valence-corrected chi connectivity index (χ1v) is 7.61. The molecule has 1 fully saturated rings. The summed E-state index contributed by atoms with van der Waals surface area (Å²) in [5, 5.41) is 2.82. The van der Waals surface area contributed by atoms with Crippen LogP contribution in [0.2, 0.25) is 0 Å². The third-order valence-corrected chi connectivity index (χ3v) is 4.25. The molecule has 3 rings (SSSR count). The first-order chi connectivity index (χ1) is 11.0. The molecule has 1 aliphatic heterocycles. The smallest absolute Gasteiger partial charge is 0.319 e. The monoisotopic (exact) mass is 309 g/mol. The standard InChI is InChI=1S/C18H19N3O2/c1-13-5-7-15(8-6-13)18(2)16(22)21(17(23)20-18)11-9-14-4-3-10-19-12-14/h3-8,10,12H,9,11H2,1-2H3,(H,20,23). The summed E-state index contributed by atoms with van der Waals surface area (Å²) in [4.78, 5) is 30.3. The maximum absolute atomic E-state index is 12.8. The lowest BCUT2D eigenvalue weighted by Gasteiger charge is -2.22. The molecular formula is C18H19N3O2. The fourth-order valence-electron chi connectivity index (χ4n) is 2.77. The average Bonchev–Trinajstić information content (AvgIpc) is 2.77. The molecule has 5 heteroatoms. The van der Waals surface area contributed by atoms with Crippen LogP contribution in [-0.2, 0) is 16.8 Å². The van der Waals surface area contributed by atoms with Crippen LogP contribution in [0.15, 0.2) is 48.8 Å². The van der Waals surface area contributed by atoms with Crippen molar-refractivity contribution in [3.05, 3.63) is 65.5 Å². The molecule has 1 aliphatic rings. The third-order valence-electron chi connectivity index (χ3n) is 4.25. The van der Waals surface area contributed by atoms with Crippen molar-refractivity contribution in [2.45, 2.75) is 25.8 Å². The van der Waals surface area contributed by atoms with Gasteiger partial charge in [0.2, 0.25) is 0 Å². The Kier molecular flexibility index (Phi) is 3.86. The van der Waals surface area contributed by atoms with Gasteiger partial charge in [0, 0.05) is 18.9 Å². The van der Waals surface area contributed by atoms with Gasteiger partial charge in [0.25, 0.3) is 5.91 Å². The van der Waals surface area contributed by atoms with E-state index in [0.717, 1.165) is 16.7 Å². The molecule has 1 unspecified atom stereocenters. The van der Waals surface area contributed by atoms with E-state index in [0.29, 0.717) is 13.0 Å². The number of hydrogen-bond acceptors (Lipinski definition) is 3. The first kappa shape index (κ1) is 15.2. The number of nitrogens with zero attached hydrogens (tertiary/aromatic N) is 2. The van der Waals surface area contributed by atoms with Crippen LogP contribution in [0.25, 0.3) is 0 Å². The number of pyridine rings is 1. The Bertz CT molecular complexity index is 728.